The van der Waals surface area contributed by atoms with Crippen LogP contribution in [0.25, 0.3) is 0 Å². The number of amides is 2. The molecule has 20 heavy (non-hydrogen) atoms. The summed E-state index contributed by atoms with van der Waals surface area (Å²) in [5.74, 6) is 1.21. The first kappa shape index (κ1) is 15.2. The predicted octanol–water partition coefficient (Wildman–Crippen LogP) is 3.11. The Kier molecular flexibility index (Phi) is 5.73. The van der Waals surface area contributed by atoms with Crippen molar-refractivity contribution in [1.29, 1.82) is 0 Å². The Balaban J connectivity index is 1.75. The normalized spacial score (nSPS) is 20.2. The largest absolute Gasteiger partial charge is 0.337 e. The summed E-state index contributed by atoms with van der Waals surface area (Å²) in [5, 5.41) is 6.35. The molecule has 5 heteroatoms. The first-order valence-electron chi connectivity index (χ1n) is 7.17. The van der Waals surface area contributed by atoms with Crippen molar-refractivity contribution in [2.75, 3.05) is 17.6 Å². The van der Waals surface area contributed by atoms with E-state index in [0.29, 0.717) is 5.25 Å². The SMILES string of the molecule is CC(N)c1ccc(NC(=O)NCC2CCCCS2)cc1. The highest BCUT2D eigenvalue weighted by Crippen LogP contribution is 2.24. The Morgan fingerprint density at radius 2 is 2.15 bits per heavy atom. The standard InChI is InChI=1S/C15H23N3OS/c1-11(16)12-5-7-13(8-6-12)18-15(19)17-10-14-4-2-3-9-20-14/h5-8,11,14H,2-4,9-10,16H2,1H3,(H2,17,18,19). The maximum Gasteiger partial charge on any atom is 0.319 e. The molecular weight excluding hydrogens is 270 g/mol. The minimum Gasteiger partial charge on any atom is -0.337 e. The number of thioether (sulfide) groups is 1. The molecule has 1 aliphatic rings. The second-order valence-corrected chi connectivity index (χ2v) is 6.64. The van der Waals surface area contributed by atoms with Crippen LogP contribution in [0, 0.1) is 0 Å². The summed E-state index contributed by atoms with van der Waals surface area (Å²) in [6, 6.07) is 7.53. The van der Waals surface area contributed by atoms with Gasteiger partial charge < -0.3 is 16.4 Å². The van der Waals surface area contributed by atoms with Gasteiger partial charge in [-0.1, -0.05) is 18.6 Å². The molecule has 1 aromatic carbocycles. The molecule has 1 heterocycles. The van der Waals surface area contributed by atoms with E-state index in [1.165, 1.54) is 25.0 Å². The molecule has 2 amide bonds. The van der Waals surface area contributed by atoms with Crippen LogP contribution in [0.15, 0.2) is 24.3 Å². The van der Waals surface area contributed by atoms with Crippen LogP contribution in [-0.4, -0.2) is 23.6 Å². The van der Waals surface area contributed by atoms with Crippen molar-refractivity contribution in [2.45, 2.75) is 37.5 Å². The third-order valence-corrected chi connectivity index (χ3v) is 4.86. The van der Waals surface area contributed by atoms with Crippen molar-refractivity contribution in [3.05, 3.63) is 29.8 Å². The molecule has 0 aromatic heterocycles. The molecule has 0 aliphatic carbocycles. The summed E-state index contributed by atoms with van der Waals surface area (Å²) in [7, 11) is 0. The van der Waals surface area contributed by atoms with Gasteiger partial charge in [0.1, 0.15) is 0 Å². The lowest BCUT2D eigenvalue weighted by atomic mass is 10.1. The van der Waals surface area contributed by atoms with Gasteiger partial charge in [0, 0.05) is 23.5 Å². The lowest BCUT2D eigenvalue weighted by Crippen LogP contribution is -2.35. The van der Waals surface area contributed by atoms with Gasteiger partial charge in [-0.25, -0.2) is 4.79 Å². The highest BCUT2D eigenvalue weighted by Gasteiger charge is 2.14. The maximum absolute atomic E-state index is 11.8. The molecule has 4 N–H and O–H groups in total. The van der Waals surface area contributed by atoms with Gasteiger partial charge in [0.15, 0.2) is 0 Å². The van der Waals surface area contributed by atoms with Crippen molar-refractivity contribution in [3.8, 4) is 0 Å². The topological polar surface area (TPSA) is 67.1 Å². The molecule has 0 radical (unpaired) electrons. The summed E-state index contributed by atoms with van der Waals surface area (Å²) >= 11 is 1.96. The molecule has 2 unspecified atom stereocenters. The van der Waals surface area contributed by atoms with Crippen LogP contribution < -0.4 is 16.4 Å². The van der Waals surface area contributed by atoms with Crippen molar-refractivity contribution >= 4 is 23.5 Å². The number of hydrogen-bond donors (Lipinski definition) is 3. The van der Waals surface area contributed by atoms with E-state index in [1.807, 2.05) is 43.0 Å². The molecule has 0 spiro atoms. The van der Waals surface area contributed by atoms with E-state index in [2.05, 4.69) is 10.6 Å². The zero-order valence-electron chi connectivity index (χ0n) is 11.9. The van der Waals surface area contributed by atoms with Crippen LogP contribution >= 0.6 is 11.8 Å². The fraction of sp³-hybridized carbons (Fsp3) is 0.533. The Morgan fingerprint density at radius 3 is 2.75 bits per heavy atom. The first-order chi connectivity index (χ1) is 9.65. The molecule has 0 bridgehead atoms. The highest BCUT2D eigenvalue weighted by atomic mass is 32.2. The Bertz CT molecular complexity index is 427. The van der Waals surface area contributed by atoms with E-state index in [-0.39, 0.29) is 12.1 Å². The molecule has 4 nitrogen and oxygen atoms in total. The third-order valence-electron chi connectivity index (χ3n) is 3.46. The Morgan fingerprint density at radius 1 is 1.40 bits per heavy atom. The van der Waals surface area contributed by atoms with Gasteiger partial charge in [0.05, 0.1) is 0 Å². The summed E-state index contributed by atoms with van der Waals surface area (Å²) < 4.78 is 0. The van der Waals surface area contributed by atoms with Crippen molar-refractivity contribution in [1.82, 2.24) is 5.32 Å². The second kappa shape index (κ2) is 7.55. The fourth-order valence-electron chi connectivity index (χ4n) is 2.22. The van der Waals surface area contributed by atoms with Crippen LogP contribution in [0.4, 0.5) is 10.5 Å². The number of benzene rings is 1. The third kappa shape index (κ3) is 4.72. The van der Waals surface area contributed by atoms with Crippen molar-refractivity contribution in [2.24, 2.45) is 5.73 Å². The van der Waals surface area contributed by atoms with Crippen LogP contribution in [-0.2, 0) is 0 Å². The molecule has 2 rings (SSSR count). The van der Waals surface area contributed by atoms with Crippen molar-refractivity contribution < 1.29 is 4.79 Å². The molecule has 1 aromatic rings. The molecule has 1 fully saturated rings. The zero-order chi connectivity index (χ0) is 14.4. The molecule has 1 saturated heterocycles. The number of hydrogen-bond acceptors (Lipinski definition) is 3. The lowest BCUT2D eigenvalue weighted by molar-refractivity contribution is 0.252. The number of carbonyl (C=O) groups excluding carboxylic acids is 1. The molecular formula is C15H23N3OS. The van der Waals surface area contributed by atoms with Gasteiger partial charge >= 0.3 is 6.03 Å². The number of anilines is 1. The van der Waals surface area contributed by atoms with E-state index < -0.39 is 0 Å². The van der Waals surface area contributed by atoms with E-state index in [0.717, 1.165) is 17.8 Å². The summed E-state index contributed by atoms with van der Waals surface area (Å²) in [4.78, 5) is 11.8. The number of urea groups is 1. The highest BCUT2D eigenvalue weighted by molar-refractivity contribution is 7.99. The van der Waals surface area contributed by atoms with E-state index >= 15 is 0 Å². The molecule has 0 saturated carbocycles. The van der Waals surface area contributed by atoms with Crippen LogP contribution in [0.2, 0.25) is 0 Å². The van der Waals surface area contributed by atoms with E-state index in [4.69, 9.17) is 5.73 Å². The van der Waals surface area contributed by atoms with Gasteiger partial charge in [-0.05, 0) is 43.2 Å². The van der Waals surface area contributed by atoms with Crippen LogP contribution in [0.3, 0.4) is 0 Å². The Labute approximate surface area is 124 Å². The second-order valence-electron chi connectivity index (χ2n) is 5.23. The van der Waals surface area contributed by atoms with Gasteiger partial charge in [0.25, 0.3) is 0 Å². The fourth-order valence-corrected chi connectivity index (χ4v) is 3.46. The number of carbonyl (C=O) groups is 1. The number of nitrogens with two attached hydrogens (primary N) is 1. The first-order valence-corrected chi connectivity index (χ1v) is 8.22. The smallest absolute Gasteiger partial charge is 0.319 e. The summed E-state index contributed by atoms with van der Waals surface area (Å²) in [5.41, 5.74) is 7.65. The lowest BCUT2D eigenvalue weighted by Gasteiger charge is -2.21. The maximum atomic E-state index is 11.8. The molecule has 110 valence electrons. The number of rotatable bonds is 4. The average molecular weight is 293 g/mol. The van der Waals surface area contributed by atoms with Gasteiger partial charge in [-0.2, -0.15) is 11.8 Å². The van der Waals surface area contributed by atoms with Crippen LogP contribution in [0.1, 0.15) is 37.8 Å². The van der Waals surface area contributed by atoms with E-state index in [1.54, 1.807) is 0 Å². The monoisotopic (exact) mass is 293 g/mol. The molecule has 2 atom stereocenters. The number of nitrogens with one attached hydrogen (secondary N) is 2. The molecule has 1 aliphatic heterocycles. The zero-order valence-corrected chi connectivity index (χ0v) is 12.7. The minimum absolute atomic E-state index is 0.0150. The van der Waals surface area contributed by atoms with Crippen molar-refractivity contribution in [3.63, 3.8) is 0 Å². The predicted molar refractivity (Wildman–Crippen MR) is 86.2 cm³/mol. The quantitative estimate of drug-likeness (QED) is 0.799. The minimum atomic E-state index is -0.135. The van der Waals surface area contributed by atoms with Gasteiger partial charge in [-0.3, -0.25) is 0 Å². The Hall–Kier alpha value is -1.20. The van der Waals surface area contributed by atoms with Crippen LogP contribution in [0.5, 0.6) is 0 Å². The summed E-state index contributed by atoms with van der Waals surface area (Å²) in [6.07, 6.45) is 3.78. The van der Waals surface area contributed by atoms with Gasteiger partial charge in [-0.15, -0.1) is 0 Å². The van der Waals surface area contributed by atoms with Gasteiger partial charge in [0.2, 0.25) is 0 Å². The van der Waals surface area contributed by atoms with E-state index in [9.17, 15) is 4.79 Å². The summed E-state index contributed by atoms with van der Waals surface area (Å²) in [6.45, 7) is 2.69. The average Bonchev–Trinajstić information content (AvgIpc) is 2.47.